The summed E-state index contributed by atoms with van der Waals surface area (Å²) < 4.78 is 5.01. The Hall–Kier alpha value is -1.62. The molecule has 5 nitrogen and oxygen atoms in total. The Morgan fingerprint density at radius 3 is 3.00 bits per heavy atom. The van der Waals surface area contributed by atoms with Gasteiger partial charge in [-0.25, -0.2) is 0 Å². The molecule has 1 N–H and O–H groups in total. The molecule has 0 aliphatic heterocycles. The average Bonchev–Trinajstić information content (AvgIpc) is 2.84. The molecular formula is C15H23N3O2. The number of rotatable bonds is 5. The largest absolute Gasteiger partial charge is 0.338 e. The van der Waals surface area contributed by atoms with Crippen molar-refractivity contribution in [2.75, 3.05) is 18.9 Å². The summed E-state index contributed by atoms with van der Waals surface area (Å²) in [7, 11) is 1.99. The highest BCUT2D eigenvalue weighted by Crippen LogP contribution is 2.20. The van der Waals surface area contributed by atoms with Crippen LogP contribution in [0, 0.1) is 12.8 Å². The van der Waals surface area contributed by atoms with Crippen molar-refractivity contribution < 1.29 is 9.32 Å². The molecule has 5 heteroatoms. The van der Waals surface area contributed by atoms with E-state index in [4.69, 9.17) is 4.52 Å². The van der Waals surface area contributed by atoms with Gasteiger partial charge >= 0.3 is 0 Å². The number of nitrogens with zero attached hydrogens (tertiary/aromatic N) is 2. The van der Waals surface area contributed by atoms with E-state index < -0.39 is 0 Å². The molecule has 2 unspecified atom stereocenters. The van der Waals surface area contributed by atoms with Gasteiger partial charge in [0.25, 0.3) is 0 Å². The molecule has 1 aliphatic carbocycles. The molecule has 0 aromatic carbocycles. The van der Waals surface area contributed by atoms with E-state index in [1.54, 1.807) is 6.07 Å². The van der Waals surface area contributed by atoms with Gasteiger partial charge in [-0.3, -0.25) is 15.0 Å². The van der Waals surface area contributed by atoms with Crippen LogP contribution < -0.4 is 5.32 Å². The van der Waals surface area contributed by atoms with Crippen LogP contribution in [0.25, 0.3) is 0 Å². The molecule has 1 aromatic rings. The number of carbonyl (C=O) groups excluding carboxylic acids is 1. The van der Waals surface area contributed by atoms with Crippen molar-refractivity contribution in [1.29, 1.82) is 0 Å². The summed E-state index contributed by atoms with van der Waals surface area (Å²) >= 11 is 0. The third kappa shape index (κ3) is 3.93. The zero-order valence-electron chi connectivity index (χ0n) is 12.4. The number of allylic oxidation sites excluding steroid dienone is 2. The lowest BCUT2D eigenvalue weighted by Crippen LogP contribution is -2.42. The van der Waals surface area contributed by atoms with Crippen LogP contribution >= 0.6 is 0 Å². The highest BCUT2D eigenvalue weighted by atomic mass is 16.5. The first-order valence-electron chi connectivity index (χ1n) is 7.15. The zero-order valence-corrected chi connectivity index (χ0v) is 12.4. The number of aromatic nitrogens is 1. The number of likely N-dealkylation sites (N-methyl/N-ethyl adjacent to an activating group) is 1. The maximum Gasteiger partial charge on any atom is 0.243 e. The lowest BCUT2D eigenvalue weighted by Gasteiger charge is -2.28. The van der Waals surface area contributed by atoms with Gasteiger partial charge in [0.15, 0.2) is 0 Å². The maximum absolute atomic E-state index is 12.2. The second kappa shape index (κ2) is 6.70. The van der Waals surface area contributed by atoms with Crippen molar-refractivity contribution in [3.8, 4) is 0 Å². The fraction of sp³-hybridized carbons (Fsp3) is 0.600. The minimum atomic E-state index is -0.189. The highest BCUT2D eigenvalue weighted by Gasteiger charge is 2.22. The third-order valence-electron chi connectivity index (χ3n) is 3.84. The Kier molecular flexibility index (Phi) is 4.95. The molecule has 0 saturated heterocycles. The smallest absolute Gasteiger partial charge is 0.243 e. The Morgan fingerprint density at radius 1 is 1.60 bits per heavy atom. The van der Waals surface area contributed by atoms with E-state index >= 15 is 0 Å². The van der Waals surface area contributed by atoms with E-state index in [2.05, 4.69) is 27.5 Å². The molecule has 2 rings (SSSR count). The van der Waals surface area contributed by atoms with Crippen molar-refractivity contribution in [3.63, 3.8) is 0 Å². The predicted molar refractivity (Wildman–Crippen MR) is 78.4 cm³/mol. The second-order valence-electron chi connectivity index (χ2n) is 5.59. The van der Waals surface area contributed by atoms with Crippen molar-refractivity contribution in [3.05, 3.63) is 23.9 Å². The van der Waals surface area contributed by atoms with Crippen LogP contribution in [0.2, 0.25) is 0 Å². The summed E-state index contributed by atoms with van der Waals surface area (Å²) in [6.07, 6.45) is 7.94. The molecule has 1 aliphatic rings. The lowest BCUT2D eigenvalue weighted by molar-refractivity contribution is -0.120. The van der Waals surface area contributed by atoms with Gasteiger partial charge in [-0.15, -0.1) is 0 Å². The van der Waals surface area contributed by atoms with Gasteiger partial charge < -0.3 is 4.52 Å². The maximum atomic E-state index is 12.2. The monoisotopic (exact) mass is 277 g/mol. The van der Waals surface area contributed by atoms with Crippen molar-refractivity contribution >= 4 is 11.8 Å². The van der Waals surface area contributed by atoms with Crippen LogP contribution in [-0.4, -0.2) is 35.6 Å². The number of hydrogen-bond donors (Lipinski definition) is 1. The number of carbonyl (C=O) groups is 1. The van der Waals surface area contributed by atoms with Gasteiger partial charge in [0.05, 0.1) is 11.7 Å². The van der Waals surface area contributed by atoms with Gasteiger partial charge in [0.2, 0.25) is 11.8 Å². The topological polar surface area (TPSA) is 58.4 Å². The fourth-order valence-corrected chi connectivity index (χ4v) is 2.44. The molecule has 0 radical (unpaired) electrons. The Labute approximate surface area is 120 Å². The highest BCUT2D eigenvalue weighted by molar-refractivity contribution is 5.93. The SMILES string of the molecule is Cc1cc(NC(=O)C(C)N(C)CC2CC=CCC2)on1. The lowest BCUT2D eigenvalue weighted by atomic mass is 9.93. The Morgan fingerprint density at radius 2 is 2.40 bits per heavy atom. The standard InChI is InChI=1S/C15H23N3O2/c1-11-9-14(20-17-11)16-15(19)12(2)18(3)10-13-7-5-4-6-8-13/h4-5,9,12-13H,6-8,10H2,1-3H3,(H,16,19). The van der Waals surface area contributed by atoms with Crippen molar-refractivity contribution in [2.45, 2.75) is 39.2 Å². The molecule has 0 spiro atoms. The molecular weight excluding hydrogens is 254 g/mol. The summed E-state index contributed by atoms with van der Waals surface area (Å²) in [6.45, 7) is 4.68. The van der Waals surface area contributed by atoms with Crippen LogP contribution in [0.15, 0.2) is 22.7 Å². The molecule has 2 atom stereocenters. The summed E-state index contributed by atoms with van der Waals surface area (Å²) in [6, 6.07) is 1.53. The minimum absolute atomic E-state index is 0.0602. The number of anilines is 1. The molecule has 1 aromatic heterocycles. The first-order valence-corrected chi connectivity index (χ1v) is 7.15. The fourth-order valence-electron chi connectivity index (χ4n) is 2.44. The quantitative estimate of drug-likeness (QED) is 0.840. The van der Waals surface area contributed by atoms with Crippen LogP contribution in [0.3, 0.4) is 0 Å². The summed E-state index contributed by atoms with van der Waals surface area (Å²) in [4.78, 5) is 14.2. The second-order valence-corrected chi connectivity index (χ2v) is 5.59. The molecule has 110 valence electrons. The van der Waals surface area contributed by atoms with E-state index in [0.717, 1.165) is 25.1 Å². The number of nitrogens with one attached hydrogen (secondary N) is 1. The van der Waals surface area contributed by atoms with Crippen LogP contribution in [0.1, 0.15) is 31.9 Å². The van der Waals surface area contributed by atoms with E-state index in [1.807, 2.05) is 20.9 Å². The van der Waals surface area contributed by atoms with Gasteiger partial charge in [-0.05, 0) is 46.1 Å². The first-order chi connectivity index (χ1) is 9.56. The summed E-state index contributed by atoms with van der Waals surface area (Å²) in [5.74, 6) is 0.996. The first kappa shape index (κ1) is 14.8. The average molecular weight is 277 g/mol. The van der Waals surface area contributed by atoms with E-state index in [-0.39, 0.29) is 11.9 Å². The van der Waals surface area contributed by atoms with Crippen molar-refractivity contribution in [1.82, 2.24) is 10.1 Å². The molecule has 20 heavy (non-hydrogen) atoms. The predicted octanol–water partition coefficient (Wildman–Crippen LogP) is 2.60. The number of aryl methyl sites for hydroxylation is 1. The van der Waals surface area contributed by atoms with Crippen molar-refractivity contribution in [2.24, 2.45) is 5.92 Å². The molecule has 1 heterocycles. The van der Waals surface area contributed by atoms with E-state index in [9.17, 15) is 4.79 Å². The van der Waals surface area contributed by atoms with Crippen LogP contribution in [-0.2, 0) is 4.79 Å². The Balaban J connectivity index is 1.84. The van der Waals surface area contributed by atoms with Crippen LogP contribution in [0.5, 0.6) is 0 Å². The van der Waals surface area contributed by atoms with E-state index in [0.29, 0.717) is 11.8 Å². The van der Waals surface area contributed by atoms with Crippen LogP contribution in [0.4, 0.5) is 5.88 Å². The van der Waals surface area contributed by atoms with E-state index in [1.165, 1.54) is 6.42 Å². The van der Waals surface area contributed by atoms with Gasteiger partial charge in [0.1, 0.15) is 0 Å². The van der Waals surface area contributed by atoms with Gasteiger partial charge in [-0.2, -0.15) is 0 Å². The summed E-state index contributed by atoms with van der Waals surface area (Å²) in [5.41, 5.74) is 0.760. The molecule has 0 bridgehead atoms. The third-order valence-corrected chi connectivity index (χ3v) is 3.84. The molecule has 0 saturated carbocycles. The van der Waals surface area contributed by atoms with Gasteiger partial charge in [-0.1, -0.05) is 17.3 Å². The number of hydrogen-bond acceptors (Lipinski definition) is 4. The Bertz CT molecular complexity index is 481. The molecule has 1 amide bonds. The normalized spacial score (nSPS) is 20.1. The van der Waals surface area contributed by atoms with Gasteiger partial charge in [0, 0.05) is 12.6 Å². The summed E-state index contributed by atoms with van der Waals surface area (Å²) in [5, 5.41) is 6.51. The molecule has 0 fully saturated rings. The minimum Gasteiger partial charge on any atom is -0.338 e. The number of amides is 1. The zero-order chi connectivity index (χ0) is 14.5.